The first-order chi connectivity index (χ1) is 11.5. The molecule has 2 unspecified atom stereocenters. The fraction of sp³-hybridized carbons (Fsp3) is 0.389. The molecular formula is C18H23FN4O. The van der Waals surface area contributed by atoms with Crippen LogP contribution in [0.15, 0.2) is 42.5 Å². The van der Waals surface area contributed by atoms with Gasteiger partial charge < -0.3 is 15.4 Å². The van der Waals surface area contributed by atoms with Crippen molar-refractivity contribution in [2.75, 3.05) is 0 Å². The number of nitrogens with zero attached hydrogens (tertiary/aromatic N) is 2. The summed E-state index contributed by atoms with van der Waals surface area (Å²) < 4.78 is 21.5. The van der Waals surface area contributed by atoms with E-state index < -0.39 is 0 Å². The maximum absolute atomic E-state index is 14.3. The van der Waals surface area contributed by atoms with Gasteiger partial charge in [-0.3, -0.25) is 4.68 Å². The molecule has 24 heavy (non-hydrogen) atoms. The van der Waals surface area contributed by atoms with Gasteiger partial charge in [0.15, 0.2) is 17.3 Å². The maximum atomic E-state index is 14.3. The van der Waals surface area contributed by atoms with Crippen LogP contribution in [0.2, 0.25) is 0 Å². The number of aromatic nitrogens is 2. The molecule has 1 aromatic carbocycles. The van der Waals surface area contributed by atoms with Gasteiger partial charge in [0.1, 0.15) is 0 Å². The smallest absolute Gasteiger partial charge is 0.166 e. The Labute approximate surface area is 141 Å². The molecule has 2 heterocycles. The third-order valence-corrected chi connectivity index (χ3v) is 4.22. The van der Waals surface area contributed by atoms with Crippen molar-refractivity contribution in [2.24, 2.45) is 7.05 Å². The Morgan fingerprint density at radius 1 is 1.50 bits per heavy atom. The van der Waals surface area contributed by atoms with E-state index in [0.717, 1.165) is 24.1 Å². The lowest BCUT2D eigenvalue weighted by Crippen LogP contribution is -2.20. The van der Waals surface area contributed by atoms with E-state index in [1.54, 1.807) is 30.2 Å². The molecule has 2 atom stereocenters. The molecule has 0 amide bonds. The van der Waals surface area contributed by atoms with Crippen molar-refractivity contribution < 1.29 is 9.13 Å². The molecule has 2 aromatic rings. The first kappa shape index (κ1) is 16.4. The molecule has 1 aromatic heterocycles. The molecule has 0 saturated carbocycles. The average molecular weight is 330 g/mol. The summed E-state index contributed by atoms with van der Waals surface area (Å²) in [6, 6.07) is 5.57. The van der Waals surface area contributed by atoms with E-state index in [1.165, 1.54) is 6.07 Å². The normalized spacial score (nSPS) is 18.0. The van der Waals surface area contributed by atoms with Crippen molar-refractivity contribution >= 4 is 0 Å². The molecule has 0 bridgehead atoms. The number of benzene rings is 1. The van der Waals surface area contributed by atoms with Gasteiger partial charge >= 0.3 is 0 Å². The zero-order valence-electron chi connectivity index (χ0n) is 14.2. The van der Waals surface area contributed by atoms with Crippen molar-refractivity contribution in [1.29, 1.82) is 0 Å². The summed E-state index contributed by atoms with van der Waals surface area (Å²) >= 11 is 0. The van der Waals surface area contributed by atoms with Crippen LogP contribution < -0.4 is 15.4 Å². The van der Waals surface area contributed by atoms with Gasteiger partial charge in [-0.25, -0.2) is 4.39 Å². The van der Waals surface area contributed by atoms with Crippen LogP contribution in [0.3, 0.4) is 0 Å². The Hall–Kier alpha value is -2.50. The lowest BCUT2D eigenvalue weighted by molar-refractivity contribution is 0.440. The number of rotatable bonds is 6. The fourth-order valence-electron chi connectivity index (χ4n) is 2.77. The molecule has 0 aliphatic carbocycles. The van der Waals surface area contributed by atoms with Crippen LogP contribution in [0.25, 0.3) is 0 Å². The topological polar surface area (TPSA) is 51.1 Å². The molecule has 1 aliphatic heterocycles. The summed E-state index contributed by atoms with van der Waals surface area (Å²) in [4.78, 5) is 0. The summed E-state index contributed by atoms with van der Waals surface area (Å²) in [5, 5.41) is 10.8. The van der Waals surface area contributed by atoms with Crippen LogP contribution in [0.1, 0.15) is 38.3 Å². The van der Waals surface area contributed by atoms with Crippen molar-refractivity contribution in [3.05, 3.63) is 53.9 Å². The fourth-order valence-corrected chi connectivity index (χ4v) is 2.77. The number of aryl methyl sites for hydroxylation is 1. The second kappa shape index (κ2) is 6.95. The molecule has 0 fully saturated rings. The van der Waals surface area contributed by atoms with Gasteiger partial charge in [0.05, 0.1) is 12.4 Å². The largest absolute Gasteiger partial charge is 0.451 e. The van der Waals surface area contributed by atoms with Gasteiger partial charge in [0.25, 0.3) is 0 Å². The Morgan fingerprint density at radius 3 is 2.96 bits per heavy atom. The minimum Gasteiger partial charge on any atom is -0.451 e. The number of halogens is 1. The summed E-state index contributed by atoms with van der Waals surface area (Å²) in [5.41, 5.74) is 2.04. The van der Waals surface area contributed by atoms with Crippen molar-refractivity contribution in [2.45, 2.75) is 38.8 Å². The van der Waals surface area contributed by atoms with Gasteiger partial charge in [-0.05, 0) is 31.0 Å². The van der Waals surface area contributed by atoms with Crippen molar-refractivity contribution in [1.82, 2.24) is 20.4 Å². The molecule has 0 radical (unpaired) electrons. The standard InChI is InChI=1S/C18H23FN4O/c1-4-14-8-15(9-20-14)22-12(2)13-5-6-18(17(19)7-13)24-16-10-21-23(3)11-16/h5-7,9-12,14,20,22H,4,8H2,1-3H3. The first-order valence-corrected chi connectivity index (χ1v) is 8.22. The van der Waals surface area contributed by atoms with Crippen LogP contribution in [0.4, 0.5) is 4.39 Å². The summed E-state index contributed by atoms with van der Waals surface area (Å²) in [5.74, 6) is 0.338. The highest BCUT2D eigenvalue weighted by Gasteiger charge is 2.17. The monoisotopic (exact) mass is 330 g/mol. The minimum atomic E-state index is -0.380. The predicted octanol–water partition coefficient (Wildman–Crippen LogP) is 3.62. The molecule has 1 aliphatic rings. The Bertz CT molecular complexity index is 740. The zero-order valence-corrected chi connectivity index (χ0v) is 14.2. The molecule has 3 rings (SSSR count). The van der Waals surface area contributed by atoms with Gasteiger partial charge in [-0.1, -0.05) is 13.0 Å². The highest BCUT2D eigenvalue weighted by Crippen LogP contribution is 2.27. The number of hydrogen-bond donors (Lipinski definition) is 2. The Kier molecular flexibility index (Phi) is 4.74. The molecule has 6 heteroatoms. The van der Waals surface area contributed by atoms with Crippen LogP contribution in [-0.2, 0) is 7.05 Å². The highest BCUT2D eigenvalue weighted by molar-refractivity contribution is 5.34. The molecule has 5 nitrogen and oxygen atoms in total. The zero-order chi connectivity index (χ0) is 17.1. The highest BCUT2D eigenvalue weighted by atomic mass is 19.1. The summed E-state index contributed by atoms with van der Waals surface area (Å²) in [7, 11) is 1.79. The first-order valence-electron chi connectivity index (χ1n) is 8.22. The van der Waals surface area contributed by atoms with Crippen LogP contribution in [0.5, 0.6) is 11.5 Å². The van der Waals surface area contributed by atoms with Crippen molar-refractivity contribution in [3.63, 3.8) is 0 Å². The van der Waals surface area contributed by atoms with Gasteiger partial charge in [-0.15, -0.1) is 0 Å². The van der Waals surface area contributed by atoms with E-state index >= 15 is 0 Å². The molecule has 128 valence electrons. The summed E-state index contributed by atoms with van der Waals surface area (Å²) in [6.45, 7) is 4.19. The van der Waals surface area contributed by atoms with Crippen LogP contribution in [0, 0.1) is 5.82 Å². The van der Waals surface area contributed by atoms with E-state index in [0.29, 0.717) is 11.8 Å². The molecule has 2 N–H and O–H groups in total. The SMILES string of the molecule is CCC1CC(NC(C)c2ccc(Oc3cnn(C)c3)c(F)c2)=CN1. The van der Waals surface area contributed by atoms with Gasteiger partial charge in [0.2, 0.25) is 0 Å². The van der Waals surface area contributed by atoms with Crippen LogP contribution >= 0.6 is 0 Å². The summed E-state index contributed by atoms with van der Waals surface area (Å²) in [6.07, 6.45) is 7.33. The lowest BCUT2D eigenvalue weighted by Gasteiger charge is -2.17. The maximum Gasteiger partial charge on any atom is 0.166 e. The van der Waals surface area contributed by atoms with Gasteiger partial charge in [0, 0.05) is 37.4 Å². The third kappa shape index (κ3) is 3.69. The lowest BCUT2D eigenvalue weighted by atomic mass is 10.1. The average Bonchev–Trinajstić information content (AvgIpc) is 3.18. The van der Waals surface area contributed by atoms with Crippen molar-refractivity contribution in [3.8, 4) is 11.5 Å². The molecular weight excluding hydrogens is 307 g/mol. The third-order valence-electron chi connectivity index (χ3n) is 4.22. The number of nitrogens with one attached hydrogen (secondary N) is 2. The quantitative estimate of drug-likeness (QED) is 0.849. The second-order valence-electron chi connectivity index (χ2n) is 6.15. The second-order valence-corrected chi connectivity index (χ2v) is 6.15. The number of ether oxygens (including phenoxy) is 1. The van der Waals surface area contributed by atoms with E-state index in [2.05, 4.69) is 22.7 Å². The predicted molar refractivity (Wildman–Crippen MR) is 91.1 cm³/mol. The molecule has 0 spiro atoms. The van der Waals surface area contributed by atoms with E-state index in [4.69, 9.17) is 4.74 Å². The molecule has 0 saturated heterocycles. The number of hydrogen-bond acceptors (Lipinski definition) is 4. The van der Waals surface area contributed by atoms with E-state index in [9.17, 15) is 4.39 Å². The van der Waals surface area contributed by atoms with E-state index in [-0.39, 0.29) is 17.6 Å². The van der Waals surface area contributed by atoms with Gasteiger partial charge in [-0.2, -0.15) is 5.10 Å². The Morgan fingerprint density at radius 2 is 2.33 bits per heavy atom. The minimum absolute atomic E-state index is 0.0237. The van der Waals surface area contributed by atoms with E-state index in [1.807, 2.05) is 19.2 Å². The Balaban J connectivity index is 1.65. The van der Waals surface area contributed by atoms with Crippen LogP contribution in [-0.4, -0.2) is 15.8 Å².